The molecule has 2 rings (SSSR count). The van der Waals surface area contributed by atoms with E-state index >= 15 is 0 Å². The van der Waals surface area contributed by atoms with E-state index < -0.39 is 4.92 Å². The zero-order valence-electron chi connectivity index (χ0n) is 10.1. The van der Waals surface area contributed by atoms with Crippen LogP contribution >= 0.6 is 15.9 Å². The number of non-ortho nitro benzene ring substituents is 1. The predicted octanol–water partition coefficient (Wildman–Crippen LogP) is 2.70. The van der Waals surface area contributed by atoms with Gasteiger partial charge in [-0.1, -0.05) is 5.16 Å². The second-order valence-corrected chi connectivity index (χ2v) is 4.68. The normalized spacial score (nSPS) is 10.4. The molecule has 2 aromatic rings. The predicted molar refractivity (Wildman–Crippen MR) is 72.0 cm³/mol. The first kappa shape index (κ1) is 13.5. The average Bonchev–Trinajstić information content (AvgIpc) is 2.77. The summed E-state index contributed by atoms with van der Waals surface area (Å²) in [5.74, 6) is 1.16. The number of hydrogen-bond donors (Lipinski definition) is 1. The summed E-state index contributed by atoms with van der Waals surface area (Å²) in [5, 5.41) is 17.5. The maximum Gasteiger partial charge on any atom is 0.270 e. The van der Waals surface area contributed by atoms with Crippen LogP contribution in [0.25, 0.3) is 0 Å². The third-order valence-electron chi connectivity index (χ3n) is 2.40. The van der Waals surface area contributed by atoms with Gasteiger partial charge in [0.05, 0.1) is 4.92 Å². The van der Waals surface area contributed by atoms with E-state index in [-0.39, 0.29) is 5.69 Å². The average molecular weight is 327 g/mol. The van der Waals surface area contributed by atoms with Crippen LogP contribution in [0.5, 0.6) is 0 Å². The molecule has 1 aromatic carbocycles. The molecule has 100 valence electrons. The van der Waals surface area contributed by atoms with Crippen molar-refractivity contribution in [3.8, 4) is 0 Å². The highest BCUT2D eigenvalue weighted by Gasteiger charge is 2.09. The van der Waals surface area contributed by atoms with Crippen molar-refractivity contribution < 1.29 is 9.45 Å². The number of nitro benzene ring substituents is 1. The molecule has 1 heterocycles. The van der Waals surface area contributed by atoms with Crippen molar-refractivity contribution >= 4 is 27.3 Å². The molecule has 1 N–H and O–H groups in total. The van der Waals surface area contributed by atoms with Crippen molar-refractivity contribution in [3.05, 3.63) is 44.5 Å². The molecule has 0 aliphatic heterocycles. The fraction of sp³-hybridized carbons (Fsp3) is 0.273. The van der Waals surface area contributed by atoms with Gasteiger partial charge < -0.3 is 9.84 Å². The molecule has 0 radical (unpaired) electrons. The minimum atomic E-state index is -0.434. The van der Waals surface area contributed by atoms with Crippen molar-refractivity contribution in [2.75, 3.05) is 11.9 Å². The van der Waals surface area contributed by atoms with Gasteiger partial charge in [-0.05, 0) is 22.0 Å². The number of nitro groups is 1. The maximum absolute atomic E-state index is 10.6. The Hall–Kier alpha value is -1.96. The molecule has 0 unspecified atom stereocenters. The second kappa shape index (κ2) is 5.79. The number of aromatic nitrogens is 2. The quantitative estimate of drug-likeness (QED) is 0.670. The van der Waals surface area contributed by atoms with Crippen molar-refractivity contribution in [1.82, 2.24) is 10.1 Å². The SMILES string of the molecule is Cc1nc(CCNc2ccc([N+](=O)[O-])cc2Br)no1. The lowest BCUT2D eigenvalue weighted by Crippen LogP contribution is -2.06. The minimum Gasteiger partial charge on any atom is -0.384 e. The highest BCUT2D eigenvalue weighted by molar-refractivity contribution is 9.10. The van der Waals surface area contributed by atoms with Gasteiger partial charge in [0.1, 0.15) is 0 Å². The summed E-state index contributed by atoms with van der Waals surface area (Å²) in [4.78, 5) is 14.3. The molecule has 19 heavy (non-hydrogen) atoms. The van der Waals surface area contributed by atoms with Crippen LogP contribution in [0.3, 0.4) is 0 Å². The fourth-order valence-electron chi connectivity index (χ4n) is 1.51. The van der Waals surface area contributed by atoms with Gasteiger partial charge in [0.15, 0.2) is 5.82 Å². The molecule has 0 saturated carbocycles. The molecule has 0 saturated heterocycles. The highest BCUT2D eigenvalue weighted by Crippen LogP contribution is 2.26. The van der Waals surface area contributed by atoms with Crippen LogP contribution in [-0.4, -0.2) is 21.6 Å². The topological polar surface area (TPSA) is 94.1 Å². The van der Waals surface area contributed by atoms with Gasteiger partial charge in [0.2, 0.25) is 5.89 Å². The van der Waals surface area contributed by atoms with E-state index in [9.17, 15) is 10.1 Å². The van der Waals surface area contributed by atoms with Gasteiger partial charge in [-0.3, -0.25) is 10.1 Å². The Labute approximate surface area is 117 Å². The molecule has 7 nitrogen and oxygen atoms in total. The minimum absolute atomic E-state index is 0.0474. The van der Waals surface area contributed by atoms with Gasteiger partial charge in [-0.2, -0.15) is 4.98 Å². The van der Waals surface area contributed by atoms with E-state index in [0.29, 0.717) is 29.2 Å². The van der Waals surface area contributed by atoms with E-state index in [0.717, 1.165) is 5.69 Å². The number of nitrogens with one attached hydrogen (secondary N) is 1. The number of nitrogens with zero attached hydrogens (tertiary/aromatic N) is 3. The van der Waals surface area contributed by atoms with Crippen LogP contribution in [-0.2, 0) is 6.42 Å². The number of anilines is 1. The summed E-state index contributed by atoms with van der Waals surface area (Å²) >= 11 is 3.29. The first-order valence-electron chi connectivity index (χ1n) is 5.53. The van der Waals surface area contributed by atoms with Crippen LogP contribution in [0, 0.1) is 17.0 Å². The number of rotatable bonds is 5. The van der Waals surface area contributed by atoms with Gasteiger partial charge in [0, 0.05) is 42.2 Å². The van der Waals surface area contributed by atoms with Gasteiger partial charge in [0.25, 0.3) is 5.69 Å². The fourth-order valence-corrected chi connectivity index (χ4v) is 2.02. The Kier molecular flexibility index (Phi) is 4.10. The number of benzene rings is 1. The molecule has 0 amide bonds. The first-order valence-corrected chi connectivity index (χ1v) is 6.32. The summed E-state index contributed by atoms with van der Waals surface area (Å²) in [5.41, 5.74) is 0.831. The molecule has 8 heteroatoms. The summed E-state index contributed by atoms with van der Waals surface area (Å²) in [6.45, 7) is 2.34. The number of hydrogen-bond acceptors (Lipinski definition) is 6. The zero-order valence-corrected chi connectivity index (χ0v) is 11.7. The summed E-state index contributed by atoms with van der Waals surface area (Å²) in [6, 6.07) is 4.57. The van der Waals surface area contributed by atoms with Crippen molar-refractivity contribution in [2.45, 2.75) is 13.3 Å². The van der Waals surface area contributed by atoms with E-state index in [1.54, 1.807) is 13.0 Å². The smallest absolute Gasteiger partial charge is 0.270 e. The second-order valence-electron chi connectivity index (χ2n) is 3.83. The van der Waals surface area contributed by atoms with Crippen molar-refractivity contribution in [3.63, 3.8) is 0 Å². The number of halogens is 1. The van der Waals surface area contributed by atoms with Crippen molar-refractivity contribution in [1.29, 1.82) is 0 Å². The lowest BCUT2D eigenvalue weighted by atomic mass is 10.3. The van der Waals surface area contributed by atoms with E-state index in [1.807, 2.05) is 0 Å². The molecule has 0 aliphatic carbocycles. The largest absolute Gasteiger partial charge is 0.384 e. The summed E-state index contributed by atoms with van der Waals surface area (Å²) in [6.07, 6.45) is 0.612. The Bertz CT molecular complexity index is 599. The van der Waals surface area contributed by atoms with Crippen LogP contribution in [0.15, 0.2) is 27.2 Å². The highest BCUT2D eigenvalue weighted by atomic mass is 79.9. The van der Waals surface area contributed by atoms with Gasteiger partial charge >= 0.3 is 0 Å². The summed E-state index contributed by atoms with van der Waals surface area (Å²) < 4.78 is 5.50. The third-order valence-corrected chi connectivity index (χ3v) is 3.05. The summed E-state index contributed by atoms with van der Waals surface area (Å²) in [7, 11) is 0. The Morgan fingerprint density at radius 1 is 1.53 bits per heavy atom. The Morgan fingerprint density at radius 2 is 2.32 bits per heavy atom. The van der Waals surface area contributed by atoms with Crippen LogP contribution < -0.4 is 5.32 Å². The Morgan fingerprint density at radius 3 is 2.89 bits per heavy atom. The molecule has 0 atom stereocenters. The van der Waals surface area contributed by atoms with E-state index in [1.165, 1.54) is 12.1 Å². The third kappa shape index (κ3) is 3.50. The molecule has 0 aliphatic rings. The molecular formula is C11H11BrN4O3. The van der Waals surface area contributed by atoms with Crippen LogP contribution in [0.2, 0.25) is 0 Å². The first-order chi connectivity index (χ1) is 9.06. The van der Waals surface area contributed by atoms with E-state index in [4.69, 9.17) is 4.52 Å². The molecule has 0 spiro atoms. The zero-order chi connectivity index (χ0) is 13.8. The molecule has 1 aromatic heterocycles. The molecule has 0 bridgehead atoms. The monoisotopic (exact) mass is 326 g/mol. The lowest BCUT2D eigenvalue weighted by molar-refractivity contribution is -0.384. The Balaban J connectivity index is 1.94. The standard InChI is InChI=1S/C11H11BrN4O3/c1-7-14-11(15-19-7)4-5-13-10-3-2-8(16(17)18)6-9(10)12/h2-3,6,13H,4-5H2,1H3. The maximum atomic E-state index is 10.6. The van der Waals surface area contributed by atoms with Gasteiger partial charge in [-0.25, -0.2) is 0 Å². The van der Waals surface area contributed by atoms with Crippen LogP contribution in [0.4, 0.5) is 11.4 Å². The molecular weight excluding hydrogens is 316 g/mol. The van der Waals surface area contributed by atoms with E-state index in [2.05, 4.69) is 31.4 Å². The number of aryl methyl sites for hydroxylation is 1. The van der Waals surface area contributed by atoms with Crippen LogP contribution in [0.1, 0.15) is 11.7 Å². The van der Waals surface area contributed by atoms with Crippen molar-refractivity contribution in [2.24, 2.45) is 0 Å². The molecule has 0 fully saturated rings. The lowest BCUT2D eigenvalue weighted by Gasteiger charge is -2.06. The van der Waals surface area contributed by atoms with Gasteiger partial charge in [-0.15, -0.1) is 0 Å².